The number of anilines is 2. The van der Waals surface area contributed by atoms with Gasteiger partial charge in [0.05, 0.1) is 23.6 Å². The first-order chi connectivity index (χ1) is 12.1. The smallest absolute Gasteiger partial charge is 0.248 e. The molecule has 4 nitrogen and oxygen atoms in total. The number of hydrogen-bond donors (Lipinski definition) is 1. The van der Waals surface area contributed by atoms with Crippen molar-refractivity contribution < 1.29 is 9.53 Å². The van der Waals surface area contributed by atoms with Crippen LogP contribution in [0.4, 0.5) is 11.4 Å². The lowest BCUT2D eigenvalue weighted by molar-refractivity contribution is -0.111. The van der Waals surface area contributed by atoms with Crippen molar-refractivity contribution in [3.63, 3.8) is 0 Å². The van der Waals surface area contributed by atoms with Crippen LogP contribution in [0, 0.1) is 0 Å². The van der Waals surface area contributed by atoms with E-state index >= 15 is 0 Å². The summed E-state index contributed by atoms with van der Waals surface area (Å²) >= 11 is 0. The van der Waals surface area contributed by atoms with Crippen molar-refractivity contribution in [3.8, 4) is 0 Å². The Balaban J connectivity index is 1.72. The Morgan fingerprint density at radius 1 is 1.04 bits per heavy atom. The summed E-state index contributed by atoms with van der Waals surface area (Å²) in [4.78, 5) is 14.6. The highest BCUT2D eigenvalue weighted by atomic mass is 16.5. The van der Waals surface area contributed by atoms with Gasteiger partial charge in [0.25, 0.3) is 0 Å². The van der Waals surface area contributed by atoms with Gasteiger partial charge in [0.2, 0.25) is 5.91 Å². The first-order valence-corrected chi connectivity index (χ1v) is 8.65. The molecule has 1 aliphatic heterocycles. The van der Waals surface area contributed by atoms with E-state index in [0.29, 0.717) is 0 Å². The minimum Gasteiger partial charge on any atom is -0.372 e. The molecule has 0 aliphatic carbocycles. The number of carbonyl (C=O) groups is 1. The molecule has 1 amide bonds. The van der Waals surface area contributed by atoms with Crippen LogP contribution in [0.2, 0.25) is 0 Å². The maximum absolute atomic E-state index is 12.3. The zero-order valence-electron chi connectivity index (χ0n) is 14.7. The van der Waals surface area contributed by atoms with E-state index in [1.807, 2.05) is 60.7 Å². The van der Waals surface area contributed by atoms with Crippen LogP contribution in [0.1, 0.15) is 19.4 Å². The molecule has 1 aliphatic rings. The van der Waals surface area contributed by atoms with Gasteiger partial charge in [-0.25, -0.2) is 0 Å². The summed E-state index contributed by atoms with van der Waals surface area (Å²) in [5.74, 6) is -0.134. The maximum Gasteiger partial charge on any atom is 0.248 e. The maximum atomic E-state index is 12.3. The van der Waals surface area contributed by atoms with Gasteiger partial charge in [0.15, 0.2) is 0 Å². The minimum absolute atomic E-state index is 0.134. The van der Waals surface area contributed by atoms with Gasteiger partial charge in [-0.1, -0.05) is 42.5 Å². The van der Waals surface area contributed by atoms with Crippen LogP contribution in [0.3, 0.4) is 0 Å². The molecule has 2 unspecified atom stereocenters. The summed E-state index contributed by atoms with van der Waals surface area (Å²) in [6, 6.07) is 17.7. The summed E-state index contributed by atoms with van der Waals surface area (Å²) in [6.45, 7) is 5.78. The average Bonchev–Trinajstić information content (AvgIpc) is 2.60. The molecule has 0 spiro atoms. The van der Waals surface area contributed by atoms with Crippen molar-refractivity contribution in [1.82, 2.24) is 0 Å². The van der Waals surface area contributed by atoms with Crippen LogP contribution in [0.5, 0.6) is 0 Å². The molecule has 1 fully saturated rings. The van der Waals surface area contributed by atoms with E-state index in [1.165, 1.54) is 0 Å². The normalized spacial score (nSPS) is 20.6. The molecule has 3 rings (SSSR count). The van der Waals surface area contributed by atoms with E-state index in [2.05, 4.69) is 24.1 Å². The van der Waals surface area contributed by atoms with E-state index in [4.69, 9.17) is 4.74 Å². The molecule has 4 heteroatoms. The summed E-state index contributed by atoms with van der Waals surface area (Å²) in [5, 5.41) is 3.00. The van der Waals surface area contributed by atoms with Gasteiger partial charge in [-0.05, 0) is 37.6 Å². The minimum atomic E-state index is -0.134. The van der Waals surface area contributed by atoms with Crippen molar-refractivity contribution in [3.05, 3.63) is 66.2 Å². The fraction of sp³-hybridized carbons (Fsp3) is 0.286. The lowest BCUT2D eigenvalue weighted by Gasteiger charge is -2.37. The number of hydrogen-bond acceptors (Lipinski definition) is 3. The van der Waals surface area contributed by atoms with E-state index in [1.54, 1.807) is 6.08 Å². The SMILES string of the molecule is CC1CN(c2ccccc2NC(=O)/C=C/c2ccccc2)CC(C)O1. The summed E-state index contributed by atoms with van der Waals surface area (Å²) in [6.07, 6.45) is 3.73. The molecule has 0 aromatic heterocycles. The monoisotopic (exact) mass is 336 g/mol. The number of ether oxygens (including phenoxy) is 1. The summed E-state index contributed by atoms with van der Waals surface area (Å²) in [7, 11) is 0. The van der Waals surface area contributed by atoms with Crippen molar-refractivity contribution in [2.75, 3.05) is 23.3 Å². The van der Waals surface area contributed by atoms with Crippen LogP contribution in [0.25, 0.3) is 6.08 Å². The molecular weight excluding hydrogens is 312 g/mol. The molecule has 0 radical (unpaired) electrons. The predicted octanol–water partition coefficient (Wildman–Crippen LogP) is 3.95. The fourth-order valence-corrected chi connectivity index (χ4v) is 3.14. The second-order valence-corrected chi connectivity index (χ2v) is 6.41. The topological polar surface area (TPSA) is 41.6 Å². The quantitative estimate of drug-likeness (QED) is 0.860. The first kappa shape index (κ1) is 17.2. The highest BCUT2D eigenvalue weighted by molar-refractivity contribution is 6.03. The Labute approximate surface area is 149 Å². The third kappa shape index (κ3) is 4.70. The first-order valence-electron chi connectivity index (χ1n) is 8.65. The second-order valence-electron chi connectivity index (χ2n) is 6.41. The van der Waals surface area contributed by atoms with Gasteiger partial charge < -0.3 is 15.0 Å². The van der Waals surface area contributed by atoms with E-state index < -0.39 is 0 Å². The van der Waals surface area contributed by atoms with Crippen LogP contribution in [-0.4, -0.2) is 31.2 Å². The standard InChI is InChI=1S/C21H24N2O2/c1-16-14-23(15-17(2)25-16)20-11-7-6-10-19(20)22-21(24)13-12-18-8-4-3-5-9-18/h3-13,16-17H,14-15H2,1-2H3,(H,22,24)/b13-12+. The Hall–Kier alpha value is -2.59. The number of para-hydroxylation sites is 2. The molecule has 1 N–H and O–H groups in total. The van der Waals surface area contributed by atoms with E-state index in [0.717, 1.165) is 30.0 Å². The number of nitrogens with one attached hydrogen (secondary N) is 1. The fourth-order valence-electron chi connectivity index (χ4n) is 3.14. The molecule has 2 aromatic rings. The highest BCUT2D eigenvalue weighted by Crippen LogP contribution is 2.28. The molecular formula is C21H24N2O2. The third-order valence-corrected chi connectivity index (χ3v) is 4.15. The highest BCUT2D eigenvalue weighted by Gasteiger charge is 2.24. The van der Waals surface area contributed by atoms with Crippen LogP contribution in [0.15, 0.2) is 60.7 Å². The Kier molecular flexibility index (Phi) is 5.51. The van der Waals surface area contributed by atoms with E-state index in [9.17, 15) is 4.79 Å². The molecule has 2 aromatic carbocycles. The molecule has 1 saturated heterocycles. The predicted molar refractivity (Wildman–Crippen MR) is 103 cm³/mol. The average molecular weight is 336 g/mol. The second kappa shape index (κ2) is 7.99. The number of rotatable bonds is 4. The van der Waals surface area contributed by atoms with Crippen LogP contribution in [-0.2, 0) is 9.53 Å². The Morgan fingerprint density at radius 2 is 1.68 bits per heavy atom. The van der Waals surface area contributed by atoms with Gasteiger partial charge in [0, 0.05) is 19.2 Å². The van der Waals surface area contributed by atoms with Crippen molar-refractivity contribution in [2.45, 2.75) is 26.1 Å². The zero-order chi connectivity index (χ0) is 17.6. The summed E-state index contributed by atoms with van der Waals surface area (Å²) < 4.78 is 5.81. The number of amides is 1. The largest absolute Gasteiger partial charge is 0.372 e. The molecule has 1 heterocycles. The molecule has 2 atom stereocenters. The zero-order valence-corrected chi connectivity index (χ0v) is 14.7. The lowest BCUT2D eigenvalue weighted by Crippen LogP contribution is -2.45. The molecule has 0 bridgehead atoms. The van der Waals surface area contributed by atoms with Gasteiger partial charge in [-0.15, -0.1) is 0 Å². The van der Waals surface area contributed by atoms with Gasteiger partial charge in [-0.2, -0.15) is 0 Å². The summed E-state index contributed by atoms with van der Waals surface area (Å²) in [5.41, 5.74) is 2.86. The number of carbonyl (C=O) groups excluding carboxylic acids is 1. The van der Waals surface area contributed by atoms with Crippen molar-refractivity contribution in [2.24, 2.45) is 0 Å². The van der Waals surface area contributed by atoms with Gasteiger partial charge in [-0.3, -0.25) is 4.79 Å². The van der Waals surface area contributed by atoms with Gasteiger partial charge >= 0.3 is 0 Å². The Bertz CT molecular complexity index is 733. The number of nitrogens with zero attached hydrogens (tertiary/aromatic N) is 1. The van der Waals surface area contributed by atoms with Crippen molar-refractivity contribution >= 4 is 23.4 Å². The van der Waals surface area contributed by atoms with Crippen LogP contribution >= 0.6 is 0 Å². The van der Waals surface area contributed by atoms with Crippen molar-refractivity contribution in [1.29, 1.82) is 0 Å². The molecule has 0 saturated carbocycles. The van der Waals surface area contributed by atoms with Gasteiger partial charge in [0.1, 0.15) is 0 Å². The molecule has 25 heavy (non-hydrogen) atoms. The number of benzene rings is 2. The lowest BCUT2D eigenvalue weighted by atomic mass is 10.1. The van der Waals surface area contributed by atoms with Crippen LogP contribution < -0.4 is 10.2 Å². The number of morpholine rings is 1. The third-order valence-electron chi connectivity index (χ3n) is 4.15. The van der Waals surface area contributed by atoms with E-state index in [-0.39, 0.29) is 18.1 Å². The molecule has 130 valence electrons. The Morgan fingerprint density at radius 3 is 2.40 bits per heavy atom.